The van der Waals surface area contributed by atoms with Crippen LogP contribution in [-0.2, 0) is 6.18 Å². The van der Waals surface area contributed by atoms with Gasteiger partial charge in [-0.25, -0.2) is 4.68 Å². The van der Waals surface area contributed by atoms with Gasteiger partial charge in [-0.2, -0.15) is 13.2 Å². The number of rotatable bonds is 1. The SMILES string of the molecule is FC(F)(F)c1cncc(-n2ccnn2)c1. The molecule has 78 valence electrons. The lowest BCUT2D eigenvalue weighted by molar-refractivity contribution is -0.137. The minimum absolute atomic E-state index is 0.224. The van der Waals surface area contributed by atoms with E-state index in [9.17, 15) is 13.2 Å². The van der Waals surface area contributed by atoms with Gasteiger partial charge in [0.05, 0.1) is 29.8 Å². The molecule has 15 heavy (non-hydrogen) atoms. The van der Waals surface area contributed by atoms with Crippen LogP contribution in [0.2, 0.25) is 0 Å². The van der Waals surface area contributed by atoms with Gasteiger partial charge in [0.25, 0.3) is 0 Å². The highest BCUT2D eigenvalue weighted by molar-refractivity contribution is 5.31. The van der Waals surface area contributed by atoms with Crippen molar-refractivity contribution in [2.24, 2.45) is 0 Å². The Bertz CT molecular complexity index is 449. The largest absolute Gasteiger partial charge is 0.417 e. The van der Waals surface area contributed by atoms with Gasteiger partial charge in [-0.1, -0.05) is 5.21 Å². The van der Waals surface area contributed by atoms with Crippen molar-refractivity contribution in [3.05, 3.63) is 36.4 Å². The van der Waals surface area contributed by atoms with Crippen LogP contribution in [0.4, 0.5) is 13.2 Å². The summed E-state index contributed by atoms with van der Waals surface area (Å²) in [7, 11) is 0. The summed E-state index contributed by atoms with van der Waals surface area (Å²) >= 11 is 0. The number of pyridine rings is 1. The van der Waals surface area contributed by atoms with Gasteiger partial charge in [0.15, 0.2) is 0 Å². The molecule has 0 fully saturated rings. The third-order valence-electron chi connectivity index (χ3n) is 1.74. The summed E-state index contributed by atoms with van der Waals surface area (Å²) in [6, 6.07) is 0.960. The van der Waals surface area contributed by atoms with Gasteiger partial charge in [0.1, 0.15) is 0 Å². The van der Waals surface area contributed by atoms with Crippen LogP contribution in [0.1, 0.15) is 5.56 Å². The normalized spacial score (nSPS) is 11.7. The van der Waals surface area contributed by atoms with Crippen molar-refractivity contribution in [3.63, 3.8) is 0 Å². The first-order valence-electron chi connectivity index (χ1n) is 3.96. The molecule has 0 spiro atoms. The molecule has 4 nitrogen and oxygen atoms in total. The number of alkyl halides is 3. The van der Waals surface area contributed by atoms with Crippen molar-refractivity contribution in [3.8, 4) is 5.69 Å². The van der Waals surface area contributed by atoms with Gasteiger partial charge < -0.3 is 0 Å². The maximum atomic E-state index is 12.3. The minimum Gasteiger partial charge on any atom is -0.262 e. The Labute approximate surface area is 82.4 Å². The van der Waals surface area contributed by atoms with E-state index < -0.39 is 11.7 Å². The maximum absolute atomic E-state index is 12.3. The molecule has 0 amide bonds. The molecule has 0 aliphatic carbocycles. The molecule has 0 atom stereocenters. The fourth-order valence-corrected chi connectivity index (χ4v) is 1.05. The molecule has 2 aromatic rings. The lowest BCUT2D eigenvalue weighted by Gasteiger charge is -2.07. The monoisotopic (exact) mass is 214 g/mol. The van der Waals surface area contributed by atoms with Crippen molar-refractivity contribution in [2.45, 2.75) is 6.18 Å². The summed E-state index contributed by atoms with van der Waals surface area (Å²) in [5.41, 5.74) is -0.585. The lowest BCUT2D eigenvalue weighted by Crippen LogP contribution is -2.07. The van der Waals surface area contributed by atoms with Crippen molar-refractivity contribution >= 4 is 0 Å². The molecule has 0 aromatic carbocycles. The first-order valence-corrected chi connectivity index (χ1v) is 3.96. The standard InChI is InChI=1S/C8H5F3N4/c9-8(10,11)6-3-7(5-12-4-6)15-2-1-13-14-15/h1-5H. The number of halogens is 3. The Morgan fingerprint density at radius 2 is 2.00 bits per heavy atom. The number of hydrogen-bond acceptors (Lipinski definition) is 3. The predicted octanol–water partition coefficient (Wildman–Crippen LogP) is 1.68. The number of nitrogens with zero attached hydrogens (tertiary/aromatic N) is 4. The molecule has 0 N–H and O–H groups in total. The third-order valence-corrected chi connectivity index (χ3v) is 1.74. The Hall–Kier alpha value is -1.92. The smallest absolute Gasteiger partial charge is 0.262 e. The van der Waals surface area contributed by atoms with E-state index in [4.69, 9.17) is 0 Å². The second kappa shape index (κ2) is 3.34. The van der Waals surface area contributed by atoms with E-state index in [1.807, 2.05) is 0 Å². The second-order valence-electron chi connectivity index (χ2n) is 2.78. The van der Waals surface area contributed by atoms with E-state index in [0.29, 0.717) is 0 Å². The molecular formula is C8H5F3N4. The van der Waals surface area contributed by atoms with Crippen LogP contribution in [0.15, 0.2) is 30.9 Å². The average molecular weight is 214 g/mol. The first kappa shape index (κ1) is 9.63. The van der Waals surface area contributed by atoms with E-state index in [1.165, 1.54) is 23.3 Å². The fourth-order valence-electron chi connectivity index (χ4n) is 1.05. The molecule has 0 aliphatic rings. The van der Waals surface area contributed by atoms with E-state index >= 15 is 0 Å². The van der Waals surface area contributed by atoms with E-state index in [0.717, 1.165) is 12.3 Å². The topological polar surface area (TPSA) is 43.6 Å². The number of hydrogen-bond donors (Lipinski definition) is 0. The van der Waals surface area contributed by atoms with Crippen molar-refractivity contribution in [1.29, 1.82) is 0 Å². The van der Waals surface area contributed by atoms with Crippen LogP contribution in [0.5, 0.6) is 0 Å². The van der Waals surface area contributed by atoms with Gasteiger partial charge in [-0.05, 0) is 6.07 Å². The zero-order chi connectivity index (χ0) is 10.9. The number of aromatic nitrogens is 4. The quantitative estimate of drug-likeness (QED) is 0.725. The molecule has 2 aromatic heterocycles. The van der Waals surface area contributed by atoms with Crippen LogP contribution in [0.3, 0.4) is 0 Å². The van der Waals surface area contributed by atoms with E-state index in [1.54, 1.807) is 0 Å². The van der Waals surface area contributed by atoms with E-state index in [-0.39, 0.29) is 5.69 Å². The summed E-state index contributed by atoms with van der Waals surface area (Å²) < 4.78 is 38.2. The second-order valence-corrected chi connectivity index (χ2v) is 2.78. The third kappa shape index (κ3) is 1.95. The van der Waals surface area contributed by atoms with Gasteiger partial charge in [-0.15, -0.1) is 5.10 Å². The highest BCUT2D eigenvalue weighted by Gasteiger charge is 2.31. The van der Waals surface area contributed by atoms with Crippen molar-refractivity contribution in [2.75, 3.05) is 0 Å². The molecule has 0 radical (unpaired) electrons. The molecule has 0 aliphatic heterocycles. The Balaban J connectivity index is 2.44. The molecular weight excluding hydrogens is 209 g/mol. The molecule has 0 saturated heterocycles. The minimum atomic E-state index is -4.40. The molecule has 7 heteroatoms. The molecule has 0 bridgehead atoms. The molecule has 0 saturated carbocycles. The van der Waals surface area contributed by atoms with Gasteiger partial charge >= 0.3 is 6.18 Å². The van der Waals surface area contributed by atoms with E-state index in [2.05, 4.69) is 15.3 Å². The van der Waals surface area contributed by atoms with Crippen LogP contribution < -0.4 is 0 Å². The van der Waals surface area contributed by atoms with Crippen LogP contribution in [0.25, 0.3) is 5.69 Å². The average Bonchev–Trinajstić information content (AvgIpc) is 2.69. The Morgan fingerprint density at radius 3 is 2.60 bits per heavy atom. The Morgan fingerprint density at radius 1 is 1.20 bits per heavy atom. The highest BCUT2D eigenvalue weighted by Crippen LogP contribution is 2.29. The van der Waals surface area contributed by atoms with Crippen molar-refractivity contribution < 1.29 is 13.2 Å². The van der Waals surface area contributed by atoms with Crippen LogP contribution in [0, 0.1) is 0 Å². The van der Waals surface area contributed by atoms with Crippen molar-refractivity contribution in [1.82, 2.24) is 20.0 Å². The summed E-state index contributed by atoms with van der Waals surface area (Å²) in [5, 5.41) is 7.06. The van der Waals surface area contributed by atoms with Crippen LogP contribution in [-0.4, -0.2) is 20.0 Å². The summed E-state index contributed by atoms with van der Waals surface area (Å²) in [6.45, 7) is 0. The zero-order valence-corrected chi connectivity index (χ0v) is 7.31. The van der Waals surface area contributed by atoms with Crippen LogP contribution >= 0.6 is 0 Å². The zero-order valence-electron chi connectivity index (χ0n) is 7.31. The lowest BCUT2D eigenvalue weighted by atomic mass is 10.2. The first-order chi connectivity index (χ1) is 7.07. The molecule has 0 unspecified atom stereocenters. The summed E-state index contributed by atoms with van der Waals surface area (Å²) in [5.74, 6) is 0. The fraction of sp³-hybridized carbons (Fsp3) is 0.125. The summed E-state index contributed by atoms with van der Waals surface area (Å²) in [4.78, 5) is 3.50. The highest BCUT2D eigenvalue weighted by atomic mass is 19.4. The van der Waals surface area contributed by atoms with Gasteiger partial charge in [0, 0.05) is 6.20 Å². The summed E-state index contributed by atoms with van der Waals surface area (Å²) in [6.07, 6.45) is 0.464. The Kier molecular flexibility index (Phi) is 2.14. The predicted molar refractivity (Wildman–Crippen MR) is 44.2 cm³/mol. The molecule has 2 rings (SSSR count). The van der Waals surface area contributed by atoms with Gasteiger partial charge in [-0.3, -0.25) is 4.98 Å². The maximum Gasteiger partial charge on any atom is 0.417 e. The van der Waals surface area contributed by atoms with Gasteiger partial charge in [0.2, 0.25) is 0 Å². The molecule has 2 heterocycles.